The molecule has 6 heteroatoms. The number of nitrogens with one attached hydrogen (secondary N) is 1. The summed E-state index contributed by atoms with van der Waals surface area (Å²) in [6, 6.07) is 7.13. The van der Waals surface area contributed by atoms with Gasteiger partial charge in [-0.05, 0) is 94.1 Å². The van der Waals surface area contributed by atoms with Crippen LogP contribution in [0.4, 0.5) is 0 Å². The van der Waals surface area contributed by atoms with E-state index in [4.69, 9.17) is 0 Å². The molecule has 1 aliphatic carbocycles. The second-order valence-electron chi connectivity index (χ2n) is 8.56. The fourth-order valence-electron chi connectivity index (χ4n) is 5.06. The van der Waals surface area contributed by atoms with Gasteiger partial charge in [0.05, 0.1) is 0 Å². The molecule has 0 aromatic heterocycles. The fraction of sp³-hybridized carbons (Fsp3) is 0.727. The lowest BCUT2D eigenvalue weighted by Gasteiger charge is -2.41. The average Bonchev–Trinajstić information content (AvgIpc) is 3.09. The molecule has 28 heavy (non-hydrogen) atoms. The summed E-state index contributed by atoms with van der Waals surface area (Å²) in [6.07, 6.45) is 8.89. The van der Waals surface area contributed by atoms with Gasteiger partial charge in [-0.2, -0.15) is 0 Å². The van der Waals surface area contributed by atoms with Gasteiger partial charge in [-0.1, -0.05) is 25.1 Å². The molecule has 1 aromatic rings. The third kappa shape index (κ3) is 5.71. The summed E-state index contributed by atoms with van der Waals surface area (Å²) in [5.41, 5.74) is 4.35. The van der Waals surface area contributed by atoms with Crippen molar-refractivity contribution < 1.29 is 8.42 Å². The molecular formula is C22H37ClN2O2S. The molecule has 0 radical (unpaired) electrons. The molecule has 1 heterocycles. The molecule has 2 unspecified atom stereocenters. The van der Waals surface area contributed by atoms with Crippen LogP contribution >= 0.6 is 12.4 Å². The number of piperidine rings is 1. The van der Waals surface area contributed by atoms with Crippen molar-refractivity contribution in [2.75, 3.05) is 25.9 Å². The zero-order valence-electron chi connectivity index (χ0n) is 17.6. The number of nitrogens with zero attached hydrogens (tertiary/aromatic N) is 1. The third-order valence-corrected chi connectivity index (χ3v) is 7.83. The Bertz CT molecular complexity index is 732. The highest BCUT2D eigenvalue weighted by Crippen LogP contribution is 2.29. The summed E-state index contributed by atoms with van der Waals surface area (Å²) in [5, 5.41) is 3.01. The van der Waals surface area contributed by atoms with Crippen molar-refractivity contribution in [1.82, 2.24) is 10.2 Å². The lowest BCUT2D eigenvalue weighted by atomic mass is 9.95. The van der Waals surface area contributed by atoms with Crippen molar-refractivity contribution in [3.63, 3.8) is 0 Å². The number of halogens is 1. The zero-order chi connectivity index (χ0) is 19.4. The van der Waals surface area contributed by atoms with E-state index in [1.165, 1.54) is 42.2 Å². The van der Waals surface area contributed by atoms with Gasteiger partial charge >= 0.3 is 0 Å². The van der Waals surface area contributed by atoms with Gasteiger partial charge in [-0.15, -0.1) is 12.4 Å². The first kappa shape index (κ1) is 23.7. The highest BCUT2D eigenvalue weighted by Gasteiger charge is 2.37. The summed E-state index contributed by atoms with van der Waals surface area (Å²) in [5.74, 6) is 0.232. The highest BCUT2D eigenvalue weighted by atomic mass is 35.5. The van der Waals surface area contributed by atoms with E-state index in [-0.39, 0.29) is 29.7 Å². The minimum Gasteiger partial charge on any atom is -0.317 e. The standard InChI is InChI=1S/C22H36N2O2S.ClH/c1-4-14-24(22(27(3,25)26)20-10-12-23-13-11-20)17(2)15-18-8-9-19-6-5-7-21(19)16-18;/h8-9,16-17,20,22-23H,4-7,10-15H2,1-3H3;1H. The number of rotatable bonds is 8. The molecule has 1 saturated heterocycles. The SMILES string of the molecule is CCCN(C(C)Cc1ccc2c(c1)CCC2)C(C1CCNCC1)S(C)(=O)=O.Cl. The lowest BCUT2D eigenvalue weighted by Crippen LogP contribution is -2.52. The van der Waals surface area contributed by atoms with E-state index < -0.39 is 9.84 Å². The summed E-state index contributed by atoms with van der Waals surface area (Å²) in [6.45, 7) is 7.05. The van der Waals surface area contributed by atoms with Gasteiger partial charge in [0.15, 0.2) is 9.84 Å². The molecule has 1 N–H and O–H groups in total. The molecule has 0 saturated carbocycles. The number of hydrogen-bond acceptors (Lipinski definition) is 4. The molecule has 0 amide bonds. The Morgan fingerprint density at radius 1 is 1.18 bits per heavy atom. The molecular weight excluding hydrogens is 392 g/mol. The van der Waals surface area contributed by atoms with E-state index in [0.717, 1.165) is 45.3 Å². The van der Waals surface area contributed by atoms with Gasteiger partial charge in [0, 0.05) is 12.3 Å². The van der Waals surface area contributed by atoms with E-state index in [1.807, 2.05) is 0 Å². The molecule has 1 aliphatic heterocycles. The van der Waals surface area contributed by atoms with Crippen molar-refractivity contribution in [3.8, 4) is 0 Å². The van der Waals surface area contributed by atoms with Crippen LogP contribution in [0, 0.1) is 5.92 Å². The monoisotopic (exact) mass is 428 g/mol. The predicted molar refractivity (Wildman–Crippen MR) is 120 cm³/mol. The first-order valence-corrected chi connectivity index (χ1v) is 12.6. The average molecular weight is 429 g/mol. The normalized spacial score (nSPS) is 19.9. The Hall–Kier alpha value is -0.620. The summed E-state index contributed by atoms with van der Waals surface area (Å²) in [7, 11) is -3.13. The Balaban J connectivity index is 0.00000280. The second-order valence-corrected chi connectivity index (χ2v) is 10.7. The largest absolute Gasteiger partial charge is 0.317 e. The summed E-state index contributed by atoms with van der Waals surface area (Å²) in [4.78, 5) is 2.29. The number of fused-ring (bicyclic) bond motifs is 1. The van der Waals surface area contributed by atoms with E-state index in [9.17, 15) is 8.42 Å². The van der Waals surface area contributed by atoms with Crippen molar-refractivity contribution in [1.29, 1.82) is 0 Å². The quantitative estimate of drug-likeness (QED) is 0.687. The van der Waals surface area contributed by atoms with Crippen LogP contribution in [-0.2, 0) is 29.1 Å². The molecule has 1 aromatic carbocycles. The van der Waals surface area contributed by atoms with Gasteiger partial charge in [0.1, 0.15) is 5.37 Å². The van der Waals surface area contributed by atoms with Crippen LogP contribution in [0.15, 0.2) is 18.2 Å². The molecule has 1 fully saturated rings. The third-order valence-electron chi connectivity index (χ3n) is 6.29. The van der Waals surface area contributed by atoms with Gasteiger partial charge in [-0.3, -0.25) is 4.90 Å². The number of benzene rings is 1. The van der Waals surface area contributed by atoms with Crippen molar-refractivity contribution in [2.24, 2.45) is 5.92 Å². The minimum atomic E-state index is -3.13. The van der Waals surface area contributed by atoms with Crippen molar-refractivity contribution in [2.45, 2.75) is 70.2 Å². The summed E-state index contributed by atoms with van der Waals surface area (Å²) < 4.78 is 25.6. The van der Waals surface area contributed by atoms with Crippen LogP contribution in [0.3, 0.4) is 0 Å². The lowest BCUT2D eigenvalue weighted by molar-refractivity contribution is 0.131. The van der Waals surface area contributed by atoms with Crippen LogP contribution in [0.25, 0.3) is 0 Å². The maximum absolute atomic E-state index is 12.8. The molecule has 4 nitrogen and oxygen atoms in total. The predicted octanol–water partition coefficient (Wildman–Crippen LogP) is 3.61. The van der Waals surface area contributed by atoms with Crippen molar-refractivity contribution >= 4 is 22.2 Å². The number of aryl methyl sites for hydroxylation is 2. The first-order chi connectivity index (χ1) is 12.9. The van der Waals surface area contributed by atoms with Gasteiger partial charge < -0.3 is 5.32 Å². The zero-order valence-corrected chi connectivity index (χ0v) is 19.2. The molecule has 3 rings (SSSR count). The van der Waals surface area contributed by atoms with Crippen molar-refractivity contribution in [3.05, 3.63) is 34.9 Å². The van der Waals surface area contributed by atoms with Gasteiger partial charge in [-0.25, -0.2) is 8.42 Å². The molecule has 0 bridgehead atoms. The smallest absolute Gasteiger partial charge is 0.163 e. The van der Waals surface area contributed by atoms with Gasteiger partial charge in [0.2, 0.25) is 0 Å². The molecule has 160 valence electrons. The van der Waals surface area contributed by atoms with Crippen LogP contribution in [-0.4, -0.2) is 50.6 Å². The molecule has 2 aliphatic rings. The van der Waals surface area contributed by atoms with E-state index in [0.29, 0.717) is 0 Å². The maximum atomic E-state index is 12.8. The van der Waals surface area contributed by atoms with Crippen LogP contribution in [0.1, 0.15) is 56.2 Å². The Morgan fingerprint density at radius 3 is 2.50 bits per heavy atom. The topological polar surface area (TPSA) is 49.4 Å². The Kier molecular flexibility index (Phi) is 8.80. The second kappa shape index (κ2) is 10.4. The summed E-state index contributed by atoms with van der Waals surface area (Å²) >= 11 is 0. The Labute approximate surface area is 177 Å². The Morgan fingerprint density at radius 2 is 1.86 bits per heavy atom. The number of sulfone groups is 1. The van der Waals surface area contributed by atoms with Crippen LogP contribution in [0.5, 0.6) is 0 Å². The van der Waals surface area contributed by atoms with Gasteiger partial charge in [0.25, 0.3) is 0 Å². The van der Waals surface area contributed by atoms with Crippen LogP contribution in [0.2, 0.25) is 0 Å². The van der Waals surface area contributed by atoms with E-state index >= 15 is 0 Å². The first-order valence-electron chi connectivity index (χ1n) is 10.7. The number of hydrogen-bond donors (Lipinski definition) is 1. The van der Waals surface area contributed by atoms with E-state index in [1.54, 1.807) is 0 Å². The fourth-order valence-corrected chi connectivity index (χ4v) is 6.84. The molecule has 0 spiro atoms. The van der Waals surface area contributed by atoms with E-state index in [2.05, 4.69) is 42.3 Å². The van der Waals surface area contributed by atoms with Crippen LogP contribution < -0.4 is 5.32 Å². The maximum Gasteiger partial charge on any atom is 0.163 e. The minimum absolute atomic E-state index is 0. The highest BCUT2D eigenvalue weighted by molar-refractivity contribution is 7.91. The molecule has 2 atom stereocenters.